The second kappa shape index (κ2) is 7.80. The Balaban J connectivity index is 1.75. The average molecular weight is 390 g/mol. The minimum Gasteiger partial charge on any atom is -0.538 e. The number of hydrogen-bond donors (Lipinski definition) is 1. The molecule has 0 saturated carbocycles. The maximum atomic E-state index is 12.4. The van der Waals surface area contributed by atoms with E-state index in [0.717, 1.165) is 17.3 Å². The molecule has 1 N–H and O–H groups in total. The smallest absolute Gasteiger partial charge is 0.298 e. The van der Waals surface area contributed by atoms with Gasteiger partial charge in [-0.2, -0.15) is 0 Å². The summed E-state index contributed by atoms with van der Waals surface area (Å²) < 4.78 is 6.18. The summed E-state index contributed by atoms with van der Waals surface area (Å²) >= 11 is 6.93. The number of hydrogen-bond acceptors (Lipinski definition) is 5. The Morgan fingerprint density at radius 2 is 1.88 bits per heavy atom. The number of rotatable bonds is 5. The summed E-state index contributed by atoms with van der Waals surface area (Å²) in [5.41, 5.74) is 2.41. The molecule has 3 rings (SSSR count). The van der Waals surface area contributed by atoms with Gasteiger partial charge in [0.05, 0.1) is 10.5 Å². The molecule has 1 amide bonds. The third-order valence-electron chi connectivity index (χ3n) is 3.62. The highest BCUT2D eigenvalue weighted by Crippen LogP contribution is 2.28. The molecule has 0 aliphatic heterocycles. The predicted molar refractivity (Wildman–Crippen MR) is 97.6 cm³/mol. The minimum absolute atomic E-state index is 0.242. The first-order chi connectivity index (χ1) is 12.4. The van der Waals surface area contributed by atoms with E-state index in [4.69, 9.17) is 16.1 Å². The average Bonchev–Trinajstić information content (AvgIpc) is 2.98. The summed E-state index contributed by atoms with van der Waals surface area (Å²) in [4.78, 5) is 12.4. The van der Waals surface area contributed by atoms with Crippen molar-refractivity contribution in [1.82, 2.24) is 5.27 Å². The molecule has 3 aromatic rings. The van der Waals surface area contributed by atoms with E-state index >= 15 is 0 Å². The lowest BCUT2D eigenvalue weighted by Gasteiger charge is -2.10. The molecule has 6 nitrogen and oxygen atoms in total. The molecule has 0 radical (unpaired) electrons. The summed E-state index contributed by atoms with van der Waals surface area (Å²) in [5, 5.41) is 18.9. The lowest BCUT2D eigenvalue weighted by Crippen LogP contribution is -2.36. The Labute approximate surface area is 159 Å². The molecule has 0 aliphatic carbocycles. The summed E-state index contributed by atoms with van der Waals surface area (Å²) in [6.07, 6.45) is 0. The maximum absolute atomic E-state index is 12.4. The Kier molecular flexibility index (Phi) is 5.49. The Morgan fingerprint density at radius 3 is 2.54 bits per heavy atom. The lowest BCUT2D eigenvalue weighted by molar-refractivity contribution is -0.705. The highest BCUT2D eigenvalue weighted by molar-refractivity contribution is 8.00. The highest BCUT2D eigenvalue weighted by atomic mass is 35.5. The first-order valence-corrected chi connectivity index (χ1v) is 9.09. The number of amides is 1. The summed E-state index contributed by atoms with van der Waals surface area (Å²) in [6, 6.07) is 14.3. The molecule has 26 heavy (non-hydrogen) atoms. The van der Waals surface area contributed by atoms with Crippen molar-refractivity contribution in [3.8, 4) is 11.6 Å². The molecule has 0 fully saturated rings. The molecule has 8 heteroatoms. The predicted octanol–water partition coefficient (Wildman–Crippen LogP) is 3.11. The molecule has 1 unspecified atom stereocenters. The van der Waals surface area contributed by atoms with Crippen molar-refractivity contribution in [2.24, 2.45) is 0 Å². The first-order valence-electron chi connectivity index (χ1n) is 7.83. The lowest BCUT2D eigenvalue weighted by atomic mass is 10.2. The van der Waals surface area contributed by atoms with E-state index in [1.165, 1.54) is 4.68 Å². The number of aryl methyl sites for hydroxylation is 1. The van der Waals surface area contributed by atoms with Gasteiger partial charge >= 0.3 is 0 Å². The third kappa shape index (κ3) is 4.17. The molecule has 1 heterocycles. The van der Waals surface area contributed by atoms with Crippen molar-refractivity contribution in [2.75, 3.05) is 5.32 Å². The van der Waals surface area contributed by atoms with Gasteiger partial charge in [0.2, 0.25) is 11.6 Å². The van der Waals surface area contributed by atoms with Crippen LogP contribution in [0.1, 0.15) is 12.5 Å². The molecule has 0 aliphatic rings. The van der Waals surface area contributed by atoms with E-state index in [9.17, 15) is 9.90 Å². The number of carbonyl (C=O) groups is 1. The van der Waals surface area contributed by atoms with E-state index in [0.29, 0.717) is 16.4 Å². The fourth-order valence-electron chi connectivity index (χ4n) is 2.19. The van der Waals surface area contributed by atoms with E-state index in [2.05, 4.69) is 10.6 Å². The van der Waals surface area contributed by atoms with Crippen LogP contribution in [0.5, 0.6) is 5.95 Å². The zero-order valence-electron chi connectivity index (χ0n) is 14.1. The van der Waals surface area contributed by atoms with Gasteiger partial charge in [0.25, 0.3) is 5.03 Å². The molecule has 2 aromatic carbocycles. The standard InChI is InChI=1S/C18H16ClN3O3S/c1-11-3-9-15(10-4-11)22-17(18(24)25-21-22)26-12(2)16(23)20-14-7-5-13(19)6-8-14/h3-10,12H,1-2H3,(H-,20,21,23,24). The van der Waals surface area contributed by atoms with Gasteiger partial charge < -0.3 is 14.9 Å². The number of carbonyl (C=O) groups excluding carboxylic acids is 1. The summed E-state index contributed by atoms with van der Waals surface area (Å²) in [7, 11) is 0. The van der Waals surface area contributed by atoms with Gasteiger partial charge in [-0.15, -0.1) is 0 Å². The first kappa shape index (κ1) is 18.3. The van der Waals surface area contributed by atoms with Crippen molar-refractivity contribution in [2.45, 2.75) is 24.1 Å². The normalized spacial score (nSPS) is 12.0. The van der Waals surface area contributed by atoms with Crippen LogP contribution in [-0.2, 0) is 4.79 Å². The molecule has 0 spiro atoms. The van der Waals surface area contributed by atoms with Crippen molar-refractivity contribution >= 4 is 35.0 Å². The largest absolute Gasteiger partial charge is 0.538 e. The van der Waals surface area contributed by atoms with Crippen LogP contribution >= 0.6 is 23.4 Å². The maximum Gasteiger partial charge on any atom is 0.298 e. The van der Waals surface area contributed by atoms with Gasteiger partial charge in [-0.05, 0) is 54.6 Å². The van der Waals surface area contributed by atoms with Gasteiger partial charge in [-0.1, -0.05) is 29.3 Å². The third-order valence-corrected chi connectivity index (χ3v) is 5.00. The molecule has 1 atom stereocenters. The number of anilines is 1. The van der Waals surface area contributed by atoms with Crippen LogP contribution in [0.2, 0.25) is 5.02 Å². The van der Waals surface area contributed by atoms with Crippen molar-refractivity contribution in [1.29, 1.82) is 0 Å². The Hall–Kier alpha value is -2.51. The van der Waals surface area contributed by atoms with Crippen LogP contribution in [0, 0.1) is 6.92 Å². The van der Waals surface area contributed by atoms with Crippen molar-refractivity contribution in [3.05, 3.63) is 59.1 Å². The molecule has 0 bridgehead atoms. The topological polar surface area (TPSA) is 82.1 Å². The highest BCUT2D eigenvalue weighted by Gasteiger charge is 2.26. The number of thioether (sulfide) groups is 1. The zero-order chi connectivity index (χ0) is 18.7. The number of benzene rings is 2. The van der Waals surface area contributed by atoms with Gasteiger partial charge in [0.1, 0.15) is 0 Å². The SMILES string of the molecule is Cc1ccc(-[n+]2noc([O-])c2SC(C)C(=O)Nc2ccc(Cl)cc2)cc1. The number of nitrogens with one attached hydrogen (secondary N) is 1. The molecular weight excluding hydrogens is 374 g/mol. The van der Waals surface area contributed by atoms with Gasteiger partial charge in [-0.3, -0.25) is 4.79 Å². The molecule has 1 aromatic heterocycles. The van der Waals surface area contributed by atoms with Crippen molar-refractivity contribution in [3.63, 3.8) is 0 Å². The number of aromatic nitrogens is 2. The molecule has 134 valence electrons. The monoisotopic (exact) mass is 389 g/mol. The van der Waals surface area contributed by atoms with E-state index in [1.807, 2.05) is 31.2 Å². The Bertz CT molecular complexity index is 910. The van der Waals surface area contributed by atoms with Crippen LogP contribution < -0.4 is 15.1 Å². The fraction of sp³-hybridized carbons (Fsp3) is 0.167. The van der Waals surface area contributed by atoms with Crippen LogP contribution in [0.15, 0.2) is 58.1 Å². The van der Waals surface area contributed by atoms with E-state index < -0.39 is 11.2 Å². The van der Waals surface area contributed by atoms with Crippen LogP contribution in [0.25, 0.3) is 5.69 Å². The van der Waals surface area contributed by atoms with E-state index in [1.54, 1.807) is 31.2 Å². The fourth-order valence-corrected chi connectivity index (χ4v) is 3.19. The summed E-state index contributed by atoms with van der Waals surface area (Å²) in [6.45, 7) is 3.68. The second-order valence-electron chi connectivity index (χ2n) is 5.67. The van der Waals surface area contributed by atoms with Crippen LogP contribution in [0.4, 0.5) is 5.69 Å². The van der Waals surface area contributed by atoms with Crippen LogP contribution in [-0.4, -0.2) is 16.4 Å². The van der Waals surface area contributed by atoms with Crippen molar-refractivity contribution < 1.29 is 19.1 Å². The number of nitrogens with zero attached hydrogens (tertiary/aromatic N) is 2. The minimum atomic E-state index is -0.582. The van der Waals surface area contributed by atoms with Gasteiger partial charge in [0.15, 0.2) is 5.95 Å². The van der Waals surface area contributed by atoms with Crippen LogP contribution in [0.3, 0.4) is 0 Å². The van der Waals surface area contributed by atoms with Gasteiger partial charge in [0, 0.05) is 22.8 Å². The molecule has 0 saturated heterocycles. The quantitative estimate of drug-likeness (QED) is 0.535. The molecular formula is C18H16ClN3O3S. The van der Waals surface area contributed by atoms with Gasteiger partial charge in [-0.25, -0.2) is 0 Å². The second-order valence-corrected chi connectivity index (χ2v) is 7.44. The summed E-state index contributed by atoms with van der Waals surface area (Å²) in [5.74, 6) is -0.824. The number of halogens is 1. The Morgan fingerprint density at radius 1 is 1.23 bits per heavy atom. The van der Waals surface area contributed by atoms with E-state index in [-0.39, 0.29) is 10.9 Å². The zero-order valence-corrected chi connectivity index (χ0v) is 15.7.